The number of rotatable bonds is 3. The van der Waals surface area contributed by atoms with Gasteiger partial charge < -0.3 is 4.74 Å². The minimum Gasteiger partial charge on any atom is -0.410 e. The first kappa shape index (κ1) is 18.9. The summed E-state index contributed by atoms with van der Waals surface area (Å²) in [5, 5.41) is 5.17. The maximum Gasteiger partial charge on any atom is 0.415 e. The number of nitrogens with zero attached hydrogens (tertiary/aromatic N) is 4. The molecule has 3 heterocycles. The van der Waals surface area contributed by atoms with Gasteiger partial charge in [-0.3, -0.25) is 9.69 Å². The number of fused-ring (bicyclic) bond motifs is 1. The number of hydrogen-bond donors (Lipinski definition) is 0. The number of hydrogen-bond acceptors (Lipinski definition) is 6. The van der Waals surface area contributed by atoms with Crippen LogP contribution in [0.15, 0.2) is 35.1 Å². The van der Waals surface area contributed by atoms with Crippen LogP contribution in [0, 0.1) is 0 Å². The predicted octanol–water partition coefficient (Wildman–Crippen LogP) is 4.26. The van der Waals surface area contributed by atoms with Crippen molar-refractivity contribution in [3.8, 4) is 5.75 Å². The average molecular weight is 419 g/mol. The monoisotopic (exact) mass is 418 g/mol. The van der Waals surface area contributed by atoms with Gasteiger partial charge in [-0.1, -0.05) is 55.0 Å². The molecule has 9 heteroatoms. The van der Waals surface area contributed by atoms with Gasteiger partial charge in [0.05, 0.1) is 11.7 Å². The largest absolute Gasteiger partial charge is 0.415 e. The lowest BCUT2D eigenvalue weighted by Crippen LogP contribution is -2.33. The molecule has 0 radical (unpaired) electrons. The molecule has 1 unspecified atom stereocenters. The van der Waals surface area contributed by atoms with E-state index >= 15 is 0 Å². The Kier molecular flexibility index (Phi) is 5.07. The molecule has 1 atom stereocenters. The number of benzene rings is 1. The van der Waals surface area contributed by atoms with E-state index in [2.05, 4.69) is 10.1 Å². The molecule has 0 spiro atoms. The van der Waals surface area contributed by atoms with Crippen molar-refractivity contribution in [1.82, 2.24) is 19.5 Å². The van der Waals surface area contributed by atoms with E-state index in [0.29, 0.717) is 28.0 Å². The van der Waals surface area contributed by atoms with Gasteiger partial charge in [0.1, 0.15) is 15.8 Å². The molecule has 146 valence electrons. The summed E-state index contributed by atoms with van der Waals surface area (Å²) in [7, 11) is 0. The highest BCUT2D eigenvalue weighted by atomic mass is 35.5. The van der Waals surface area contributed by atoms with E-state index in [0.717, 1.165) is 12.8 Å². The van der Waals surface area contributed by atoms with Gasteiger partial charge in [-0.05, 0) is 30.9 Å². The minimum absolute atomic E-state index is 0.0274. The van der Waals surface area contributed by atoms with E-state index in [4.69, 9.17) is 16.3 Å². The number of amides is 1. The second kappa shape index (κ2) is 7.52. The first-order valence-corrected chi connectivity index (χ1v) is 10.3. The van der Waals surface area contributed by atoms with Crippen molar-refractivity contribution in [3.63, 3.8) is 0 Å². The Morgan fingerprint density at radius 2 is 2.07 bits per heavy atom. The first-order chi connectivity index (χ1) is 13.5. The van der Waals surface area contributed by atoms with Crippen LogP contribution >= 0.6 is 22.9 Å². The summed E-state index contributed by atoms with van der Waals surface area (Å²) in [6.45, 7) is 4.45. The summed E-state index contributed by atoms with van der Waals surface area (Å²) in [5.41, 5.74) is 0.183. The number of likely N-dealkylation sites (tertiary alicyclic amines) is 1. The molecule has 2 aromatic heterocycles. The van der Waals surface area contributed by atoms with Crippen molar-refractivity contribution < 1.29 is 9.53 Å². The molecule has 1 aliphatic heterocycles. The van der Waals surface area contributed by atoms with Crippen molar-refractivity contribution in [2.24, 2.45) is 0 Å². The van der Waals surface area contributed by atoms with Gasteiger partial charge in [-0.15, -0.1) is 0 Å². The van der Waals surface area contributed by atoms with Crippen LogP contribution in [0.4, 0.5) is 4.79 Å². The molecule has 28 heavy (non-hydrogen) atoms. The number of carbonyl (C=O) groups excluding carboxylic acids is 1. The molecule has 1 aliphatic rings. The third-order valence-electron chi connectivity index (χ3n) is 4.66. The molecule has 3 aromatic rings. The zero-order valence-corrected chi connectivity index (χ0v) is 17.0. The first-order valence-electron chi connectivity index (χ1n) is 9.08. The normalized spacial score (nSPS) is 16.9. The van der Waals surface area contributed by atoms with E-state index < -0.39 is 6.09 Å². The van der Waals surface area contributed by atoms with Crippen LogP contribution in [0.2, 0.25) is 5.02 Å². The lowest BCUT2D eigenvalue weighted by Gasteiger charge is -2.21. The number of para-hydroxylation sites is 1. The average Bonchev–Trinajstić information content (AvgIpc) is 3.32. The molecule has 0 N–H and O–H groups in total. The lowest BCUT2D eigenvalue weighted by molar-refractivity contribution is 0.147. The van der Waals surface area contributed by atoms with Gasteiger partial charge in [0.2, 0.25) is 4.96 Å². The zero-order chi connectivity index (χ0) is 19.8. The second-order valence-electron chi connectivity index (χ2n) is 6.94. The fourth-order valence-corrected chi connectivity index (χ4v) is 4.65. The van der Waals surface area contributed by atoms with Gasteiger partial charge in [0.25, 0.3) is 5.56 Å². The van der Waals surface area contributed by atoms with Crippen molar-refractivity contribution in [3.05, 3.63) is 56.4 Å². The second-order valence-corrected chi connectivity index (χ2v) is 8.30. The van der Waals surface area contributed by atoms with Crippen LogP contribution in [0.1, 0.15) is 49.4 Å². The van der Waals surface area contributed by atoms with Crippen LogP contribution < -0.4 is 10.3 Å². The number of aromatic nitrogens is 3. The van der Waals surface area contributed by atoms with Gasteiger partial charge in [-0.2, -0.15) is 9.61 Å². The molecule has 7 nitrogen and oxygen atoms in total. The smallest absolute Gasteiger partial charge is 0.410 e. The van der Waals surface area contributed by atoms with E-state index in [-0.39, 0.29) is 22.5 Å². The minimum atomic E-state index is -0.422. The molecule has 0 aliphatic carbocycles. The standard InChI is InChI=1S/C19H19ClN4O3S/c1-11(2)15-14(20)17(25)24-18(21-15)28-16(22-24)13-9-6-10-23(13)19(26)27-12-7-4-3-5-8-12/h3-5,7-8,11,13H,6,9-10H2,1-2H3. The van der Waals surface area contributed by atoms with Crippen molar-refractivity contribution in [2.45, 2.75) is 38.6 Å². The molecule has 4 rings (SSSR count). The van der Waals surface area contributed by atoms with Crippen molar-refractivity contribution >= 4 is 34.0 Å². The van der Waals surface area contributed by atoms with Crippen LogP contribution in [0.25, 0.3) is 4.96 Å². The van der Waals surface area contributed by atoms with Crippen LogP contribution in [-0.2, 0) is 0 Å². The van der Waals surface area contributed by atoms with E-state index in [1.807, 2.05) is 32.0 Å². The van der Waals surface area contributed by atoms with E-state index in [1.165, 1.54) is 15.9 Å². The third kappa shape index (κ3) is 3.38. The summed E-state index contributed by atoms with van der Waals surface area (Å²) in [5.74, 6) is 0.522. The summed E-state index contributed by atoms with van der Waals surface area (Å²) in [4.78, 5) is 31.9. The Hall–Kier alpha value is -2.45. The van der Waals surface area contributed by atoms with Crippen LogP contribution in [-0.4, -0.2) is 32.1 Å². The highest BCUT2D eigenvalue weighted by Gasteiger charge is 2.34. The molecule has 1 fully saturated rings. The zero-order valence-electron chi connectivity index (χ0n) is 15.5. The Morgan fingerprint density at radius 1 is 1.32 bits per heavy atom. The number of ether oxygens (including phenoxy) is 1. The molecular formula is C19H19ClN4O3S. The fourth-order valence-electron chi connectivity index (χ4n) is 3.26. The highest BCUT2D eigenvalue weighted by Crippen LogP contribution is 2.35. The number of carbonyl (C=O) groups is 1. The van der Waals surface area contributed by atoms with E-state index in [1.54, 1.807) is 17.0 Å². The number of halogens is 1. The summed E-state index contributed by atoms with van der Waals surface area (Å²) in [6.07, 6.45) is 1.17. The fraction of sp³-hybridized carbons (Fsp3) is 0.368. The quantitative estimate of drug-likeness (QED) is 0.635. The van der Waals surface area contributed by atoms with Crippen LogP contribution in [0.5, 0.6) is 5.75 Å². The molecule has 0 saturated carbocycles. The Bertz CT molecular complexity index is 1080. The maximum atomic E-state index is 12.7. The lowest BCUT2D eigenvalue weighted by atomic mass is 10.1. The Morgan fingerprint density at radius 3 is 2.79 bits per heavy atom. The van der Waals surface area contributed by atoms with Gasteiger partial charge in [0.15, 0.2) is 0 Å². The van der Waals surface area contributed by atoms with Crippen molar-refractivity contribution in [1.29, 1.82) is 0 Å². The van der Waals surface area contributed by atoms with Crippen molar-refractivity contribution in [2.75, 3.05) is 6.54 Å². The third-order valence-corrected chi connectivity index (χ3v) is 6.03. The molecule has 0 bridgehead atoms. The highest BCUT2D eigenvalue weighted by molar-refractivity contribution is 7.16. The van der Waals surface area contributed by atoms with Gasteiger partial charge in [-0.25, -0.2) is 9.78 Å². The molecule has 1 saturated heterocycles. The molecule has 1 amide bonds. The Balaban J connectivity index is 1.66. The summed E-state index contributed by atoms with van der Waals surface area (Å²) >= 11 is 7.50. The summed E-state index contributed by atoms with van der Waals surface area (Å²) in [6, 6.07) is 8.71. The van der Waals surface area contributed by atoms with E-state index in [9.17, 15) is 9.59 Å². The van der Waals surface area contributed by atoms with Gasteiger partial charge >= 0.3 is 6.09 Å². The Labute approximate surface area is 170 Å². The van der Waals surface area contributed by atoms with Gasteiger partial charge in [0, 0.05) is 6.54 Å². The predicted molar refractivity (Wildman–Crippen MR) is 107 cm³/mol. The SMILES string of the molecule is CC(C)c1nc2sc(C3CCCN3C(=O)Oc3ccccc3)nn2c(=O)c1Cl. The topological polar surface area (TPSA) is 76.8 Å². The maximum absolute atomic E-state index is 12.7. The molecular weight excluding hydrogens is 400 g/mol. The summed E-state index contributed by atoms with van der Waals surface area (Å²) < 4.78 is 6.71. The van der Waals surface area contributed by atoms with Crippen LogP contribution in [0.3, 0.4) is 0 Å². The molecule has 1 aromatic carbocycles.